The normalized spacial score (nSPS) is 17.1. The number of hydrogen-bond donors (Lipinski definition) is 2. The first-order valence-electron chi connectivity index (χ1n) is 9.18. The lowest BCUT2D eigenvalue weighted by molar-refractivity contribution is -0.205. The second-order valence-corrected chi connectivity index (χ2v) is 6.37. The number of rotatable bonds is 8. The summed E-state index contributed by atoms with van der Waals surface area (Å²) in [6, 6.07) is 11.4. The summed E-state index contributed by atoms with van der Waals surface area (Å²) in [6.45, 7) is 3.55. The van der Waals surface area contributed by atoms with E-state index < -0.39 is 0 Å². The fourth-order valence-corrected chi connectivity index (χ4v) is 3.20. The quantitative estimate of drug-likeness (QED) is 0.423. The van der Waals surface area contributed by atoms with E-state index >= 15 is 0 Å². The minimum Gasteiger partial charge on any atom is -0.483 e. The van der Waals surface area contributed by atoms with Crippen molar-refractivity contribution in [2.75, 3.05) is 26.3 Å². The summed E-state index contributed by atoms with van der Waals surface area (Å²) in [6.07, 6.45) is 2.98. The molecule has 2 N–H and O–H groups in total. The molecule has 2 aromatic carbocycles. The van der Waals surface area contributed by atoms with Gasteiger partial charge in [0.25, 0.3) is 5.91 Å². The summed E-state index contributed by atoms with van der Waals surface area (Å²) in [5, 5.41) is 9.36. The zero-order valence-corrected chi connectivity index (χ0v) is 15.4. The van der Waals surface area contributed by atoms with E-state index in [9.17, 15) is 4.79 Å². The Balaban J connectivity index is 1.61. The predicted molar refractivity (Wildman–Crippen MR) is 103 cm³/mol. The largest absolute Gasteiger partial charge is 0.483 e. The number of amides is 1. The molecule has 0 spiro atoms. The van der Waals surface area contributed by atoms with Crippen LogP contribution < -0.4 is 10.4 Å². The Labute approximate surface area is 158 Å². The molecule has 0 radical (unpaired) electrons. The molecule has 1 fully saturated rings. The Hall–Kier alpha value is -2.48. The van der Waals surface area contributed by atoms with E-state index in [1.54, 1.807) is 4.90 Å². The van der Waals surface area contributed by atoms with Crippen LogP contribution >= 0.6 is 0 Å². The van der Waals surface area contributed by atoms with Gasteiger partial charge in [0.15, 0.2) is 6.61 Å². The van der Waals surface area contributed by atoms with Crippen molar-refractivity contribution in [3.8, 4) is 5.75 Å². The molecule has 7 nitrogen and oxygen atoms in total. The Kier molecular flexibility index (Phi) is 6.75. The smallest absolute Gasteiger partial charge is 0.260 e. The van der Waals surface area contributed by atoms with Crippen LogP contribution in [0.4, 0.5) is 0 Å². The third-order valence-electron chi connectivity index (χ3n) is 4.57. The monoisotopic (exact) mass is 371 g/mol. The van der Waals surface area contributed by atoms with Crippen LogP contribution in [0.1, 0.15) is 25.3 Å². The molecule has 0 saturated carbocycles. The molecule has 2 aromatic rings. The molecule has 1 aliphatic rings. The Morgan fingerprint density at radius 1 is 1.30 bits per heavy atom. The van der Waals surface area contributed by atoms with Crippen molar-refractivity contribution in [2.45, 2.75) is 25.9 Å². The third-order valence-corrected chi connectivity index (χ3v) is 4.57. The van der Waals surface area contributed by atoms with E-state index in [-0.39, 0.29) is 18.6 Å². The van der Waals surface area contributed by atoms with Crippen molar-refractivity contribution in [3.05, 3.63) is 42.0 Å². The van der Waals surface area contributed by atoms with Gasteiger partial charge < -0.3 is 15.0 Å². The standard InChI is InChI=1S/C20H25N3O4/c1-2-26-22-27-16-6-5-11-23(13-16)20(24)14-25-19-10-9-15(12-21)17-7-3-4-8-18(17)19/h3-4,7-10,12,16,21-22H,2,5-6,11,13-14H2,1H3. The Morgan fingerprint density at radius 2 is 2.11 bits per heavy atom. The molecule has 0 aliphatic carbocycles. The summed E-state index contributed by atoms with van der Waals surface area (Å²) < 4.78 is 5.82. The van der Waals surface area contributed by atoms with Gasteiger partial charge in [0, 0.05) is 30.3 Å². The van der Waals surface area contributed by atoms with Gasteiger partial charge in [-0.1, -0.05) is 29.9 Å². The van der Waals surface area contributed by atoms with Gasteiger partial charge in [-0.2, -0.15) is 0 Å². The highest BCUT2D eigenvalue weighted by Crippen LogP contribution is 2.28. The topological polar surface area (TPSA) is 83.9 Å². The number of ether oxygens (including phenoxy) is 1. The molecule has 7 heteroatoms. The molecule has 0 bridgehead atoms. The molecule has 1 saturated heterocycles. The van der Waals surface area contributed by atoms with Gasteiger partial charge in [-0.3, -0.25) is 14.5 Å². The number of nitrogens with one attached hydrogen (secondary N) is 2. The van der Waals surface area contributed by atoms with Crippen LogP contribution in [0.2, 0.25) is 0 Å². The van der Waals surface area contributed by atoms with Crippen LogP contribution in [-0.2, 0) is 14.5 Å². The average molecular weight is 371 g/mol. The minimum atomic E-state index is -0.0954. The molecule has 1 amide bonds. The first-order valence-corrected chi connectivity index (χ1v) is 9.18. The minimum absolute atomic E-state index is 0.0282. The van der Waals surface area contributed by atoms with Gasteiger partial charge in [-0.25, -0.2) is 0 Å². The lowest BCUT2D eigenvalue weighted by Gasteiger charge is -2.32. The highest BCUT2D eigenvalue weighted by molar-refractivity contribution is 6.01. The van der Waals surface area contributed by atoms with E-state index in [1.807, 2.05) is 43.3 Å². The van der Waals surface area contributed by atoms with Gasteiger partial charge in [0.05, 0.1) is 12.7 Å². The number of carbonyl (C=O) groups is 1. The van der Waals surface area contributed by atoms with E-state index in [0.29, 0.717) is 25.4 Å². The van der Waals surface area contributed by atoms with Gasteiger partial charge in [0.1, 0.15) is 5.75 Å². The number of benzene rings is 2. The van der Waals surface area contributed by atoms with E-state index in [1.165, 1.54) is 6.21 Å². The molecular weight excluding hydrogens is 346 g/mol. The molecule has 1 heterocycles. The van der Waals surface area contributed by atoms with Crippen molar-refractivity contribution >= 4 is 22.9 Å². The number of fused-ring (bicyclic) bond motifs is 1. The van der Waals surface area contributed by atoms with Crippen molar-refractivity contribution in [3.63, 3.8) is 0 Å². The fourth-order valence-electron chi connectivity index (χ4n) is 3.20. The molecule has 0 aromatic heterocycles. The van der Waals surface area contributed by atoms with Gasteiger partial charge >= 0.3 is 0 Å². The Bertz CT molecular complexity index is 796. The van der Waals surface area contributed by atoms with Crippen molar-refractivity contribution in [1.82, 2.24) is 10.5 Å². The zero-order valence-electron chi connectivity index (χ0n) is 15.4. The molecular formula is C20H25N3O4. The highest BCUT2D eigenvalue weighted by atomic mass is 16.9. The zero-order chi connectivity index (χ0) is 19.1. The summed E-state index contributed by atoms with van der Waals surface area (Å²) in [4.78, 5) is 24.7. The molecule has 27 heavy (non-hydrogen) atoms. The maximum Gasteiger partial charge on any atom is 0.260 e. The van der Waals surface area contributed by atoms with Crippen LogP contribution in [0.5, 0.6) is 5.75 Å². The number of carbonyl (C=O) groups excluding carboxylic acids is 1. The van der Waals surface area contributed by atoms with E-state index in [0.717, 1.165) is 29.2 Å². The average Bonchev–Trinajstić information content (AvgIpc) is 2.72. The SMILES string of the molecule is CCONOC1CCCN(C(=O)COc2ccc(C=N)c3ccccc23)C1. The third kappa shape index (κ3) is 4.82. The summed E-state index contributed by atoms with van der Waals surface area (Å²) >= 11 is 0. The van der Waals surface area contributed by atoms with Gasteiger partial charge in [-0.15, -0.1) is 0 Å². The van der Waals surface area contributed by atoms with Crippen molar-refractivity contribution < 1.29 is 19.2 Å². The number of nitrogens with zero attached hydrogens (tertiary/aromatic N) is 1. The second kappa shape index (κ2) is 9.45. The lowest BCUT2D eigenvalue weighted by atomic mass is 10.0. The van der Waals surface area contributed by atoms with Crippen molar-refractivity contribution in [1.29, 1.82) is 5.41 Å². The van der Waals surface area contributed by atoms with Crippen LogP contribution in [-0.4, -0.2) is 49.4 Å². The Morgan fingerprint density at radius 3 is 2.89 bits per heavy atom. The molecule has 144 valence electrons. The summed E-state index contributed by atoms with van der Waals surface area (Å²) in [5.74, 6) is 0.576. The number of likely N-dealkylation sites (tertiary alicyclic amines) is 1. The summed E-state index contributed by atoms with van der Waals surface area (Å²) in [5.41, 5.74) is 3.29. The first-order chi connectivity index (χ1) is 13.2. The number of piperidine rings is 1. The predicted octanol–water partition coefficient (Wildman–Crippen LogP) is 2.68. The second-order valence-electron chi connectivity index (χ2n) is 6.37. The van der Waals surface area contributed by atoms with Crippen LogP contribution in [0, 0.1) is 5.41 Å². The number of hydrogen-bond acceptors (Lipinski definition) is 6. The molecule has 1 atom stereocenters. The highest BCUT2D eigenvalue weighted by Gasteiger charge is 2.25. The van der Waals surface area contributed by atoms with E-state index in [2.05, 4.69) is 5.64 Å². The molecule has 1 unspecified atom stereocenters. The van der Waals surface area contributed by atoms with Crippen LogP contribution in [0.15, 0.2) is 36.4 Å². The lowest BCUT2D eigenvalue weighted by Crippen LogP contribution is -2.46. The maximum absolute atomic E-state index is 12.6. The van der Waals surface area contributed by atoms with Crippen LogP contribution in [0.25, 0.3) is 10.8 Å². The molecule has 3 rings (SSSR count). The maximum atomic E-state index is 12.6. The van der Waals surface area contributed by atoms with E-state index in [4.69, 9.17) is 19.8 Å². The van der Waals surface area contributed by atoms with Gasteiger partial charge in [-0.05, 0) is 37.3 Å². The summed E-state index contributed by atoms with van der Waals surface area (Å²) in [7, 11) is 0. The molecule has 1 aliphatic heterocycles. The van der Waals surface area contributed by atoms with Crippen molar-refractivity contribution in [2.24, 2.45) is 0 Å². The van der Waals surface area contributed by atoms with Crippen LogP contribution in [0.3, 0.4) is 0 Å². The fraction of sp³-hybridized carbons (Fsp3) is 0.400. The first kappa shape index (κ1) is 19.3. The van der Waals surface area contributed by atoms with Gasteiger partial charge in [0.2, 0.25) is 0 Å².